The number of aliphatic hydroxyl groups excluding tert-OH is 1. The standard InChI is InChI=1S/C21H19NO7/c1-28-13-8-9-14(15(10-13)29-2)18-17(19(25)12-6-4-3-5-7-12)20(26)21(27)22(18)11-16(23)24/h3-10,18,25H,11H2,1-2H3,(H,23,24). The third-order valence-electron chi connectivity index (χ3n) is 4.63. The van der Waals surface area contributed by atoms with Gasteiger partial charge in [-0.25, -0.2) is 0 Å². The van der Waals surface area contributed by atoms with E-state index in [1.165, 1.54) is 14.2 Å². The molecule has 1 unspecified atom stereocenters. The molecule has 0 bridgehead atoms. The lowest BCUT2D eigenvalue weighted by molar-refractivity contribution is -0.146. The van der Waals surface area contributed by atoms with Gasteiger partial charge in [0.15, 0.2) is 0 Å². The van der Waals surface area contributed by atoms with Crippen molar-refractivity contribution in [3.05, 3.63) is 65.2 Å². The second kappa shape index (κ2) is 8.05. The van der Waals surface area contributed by atoms with Crippen molar-refractivity contribution >= 4 is 23.4 Å². The molecule has 0 spiro atoms. The van der Waals surface area contributed by atoms with Gasteiger partial charge in [-0.05, 0) is 12.1 Å². The summed E-state index contributed by atoms with van der Waals surface area (Å²) < 4.78 is 10.5. The van der Waals surface area contributed by atoms with Crippen molar-refractivity contribution in [3.63, 3.8) is 0 Å². The van der Waals surface area contributed by atoms with Crippen LogP contribution in [0.15, 0.2) is 54.1 Å². The van der Waals surface area contributed by atoms with E-state index >= 15 is 0 Å². The summed E-state index contributed by atoms with van der Waals surface area (Å²) in [5.41, 5.74) is 0.482. The normalized spacial score (nSPS) is 18.0. The second-order valence-corrected chi connectivity index (χ2v) is 6.29. The molecular formula is C21H19NO7. The monoisotopic (exact) mass is 397 g/mol. The second-order valence-electron chi connectivity index (χ2n) is 6.29. The number of ketones is 1. The van der Waals surface area contributed by atoms with E-state index in [0.29, 0.717) is 16.9 Å². The van der Waals surface area contributed by atoms with Crippen LogP contribution in [0.2, 0.25) is 0 Å². The van der Waals surface area contributed by atoms with Crippen molar-refractivity contribution in [2.45, 2.75) is 6.04 Å². The minimum Gasteiger partial charge on any atom is -0.507 e. The first-order valence-corrected chi connectivity index (χ1v) is 8.66. The highest BCUT2D eigenvalue weighted by Gasteiger charge is 2.47. The summed E-state index contributed by atoms with van der Waals surface area (Å²) in [6, 6.07) is 11.8. The van der Waals surface area contributed by atoms with Gasteiger partial charge < -0.3 is 24.6 Å². The summed E-state index contributed by atoms with van der Waals surface area (Å²) in [6.07, 6.45) is 0. The third kappa shape index (κ3) is 3.64. The summed E-state index contributed by atoms with van der Waals surface area (Å²) >= 11 is 0. The molecule has 1 heterocycles. The Labute approximate surface area is 166 Å². The van der Waals surface area contributed by atoms with E-state index in [2.05, 4.69) is 0 Å². The van der Waals surface area contributed by atoms with Crippen LogP contribution in [-0.4, -0.2) is 53.5 Å². The minimum absolute atomic E-state index is 0.203. The molecule has 2 aromatic rings. The van der Waals surface area contributed by atoms with Crippen LogP contribution in [0.5, 0.6) is 11.5 Å². The Morgan fingerprint density at radius 1 is 1.03 bits per heavy atom. The zero-order valence-electron chi connectivity index (χ0n) is 15.8. The molecule has 0 aliphatic carbocycles. The van der Waals surface area contributed by atoms with Crippen LogP contribution in [0.3, 0.4) is 0 Å². The van der Waals surface area contributed by atoms with Gasteiger partial charge in [-0.3, -0.25) is 14.4 Å². The van der Waals surface area contributed by atoms with Gasteiger partial charge in [-0.1, -0.05) is 30.3 Å². The van der Waals surface area contributed by atoms with Crippen LogP contribution in [0, 0.1) is 0 Å². The fourth-order valence-electron chi connectivity index (χ4n) is 3.31. The number of amides is 1. The van der Waals surface area contributed by atoms with Crippen LogP contribution in [-0.2, 0) is 14.4 Å². The maximum Gasteiger partial charge on any atom is 0.323 e. The van der Waals surface area contributed by atoms with E-state index in [1.54, 1.807) is 48.5 Å². The Hall–Kier alpha value is -3.81. The first-order valence-electron chi connectivity index (χ1n) is 8.66. The quantitative estimate of drug-likeness (QED) is 0.436. The summed E-state index contributed by atoms with van der Waals surface area (Å²) in [7, 11) is 2.87. The number of methoxy groups -OCH3 is 2. The summed E-state index contributed by atoms with van der Waals surface area (Å²) in [6.45, 7) is -0.712. The van der Waals surface area contributed by atoms with Gasteiger partial charge >= 0.3 is 5.97 Å². The number of benzene rings is 2. The van der Waals surface area contributed by atoms with Gasteiger partial charge in [0.25, 0.3) is 11.7 Å². The van der Waals surface area contributed by atoms with Crippen LogP contribution in [0.4, 0.5) is 0 Å². The van der Waals surface area contributed by atoms with Crippen molar-refractivity contribution in [1.29, 1.82) is 0 Å². The highest BCUT2D eigenvalue weighted by Crippen LogP contribution is 2.43. The molecule has 0 radical (unpaired) electrons. The Balaban J connectivity index is 2.25. The van der Waals surface area contributed by atoms with Gasteiger partial charge in [0.05, 0.1) is 25.8 Å². The van der Waals surface area contributed by atoms with E-state index in [0.717, 1.165) is 4.90 Å². The number of likely N-dealkylation sites (tertiary alicyclic amines) is 1. The highest BCUT2D eigenvalue weighted by atomic mass is 16.5. The van der Waals surface area contributed by atoms with Crippen LogP contribution in [0.25, 0.3) is 5.76 Å². The number of hydrogen-bond acceptors (Lipinski definition) is 6. The van der Waals surface area contributed by atoms with E-state index in [-0.39, 0.29) is 17.1 Å². The lowest BCUT2D eigenvalue weighted by atomic mass is 9.94. The molecule has 1 aliphatic heterocycles. The van der Waals surface area contributed by atoms with E-state index < -0.39 is 30.2 Å². The average molecular weight is 397 g/mol. The molecular weight excluding hydrogens is 378 g/mol. The Morgan fingerprint density at radius 2 is 1.72 bits per heavy atom. The zero-order chi connectivity index (χ0) is 21.1. The lowest BCUT2D eigenvalue weighted by Gasteiger charge is -2.25. The van der Waals surface area contributed by atoms with Crippen LogP contribution in [0.1, 0.15) is 17.2 Å². The first kappa shape index (κ1) is 19.9. The molecule has 8 heteroatoms. The topological polar surface area (TPSA) is 113 Å². The molecule has 150 valence electrons. The van der Waals surface area contributed by atoms with Crippen molar-refractivity contribution in [2.75, 3.05) is 20.8 Å². The maximum atomic E-state index is 12.8. The number of Topliss-reactive ketones (excluding diaryl/α,β-unsaturated/α-hetero) is 1. The predicted molar refractivity (Wildman–Crippen MR) is 103 cm³/mol. The molecule has 1 amide bonds. The van der Waals surface area contributed by atoms with Gasteiger partial charge in [-0.15, -0.1) is 0 Å². The SMILES string of the molecule is COc1ccc(C2C(=C(O)c3ccccc3)C(=O)C(=O)N2CC(=O)O)c(OC)c1. The number of ether oxygens (including phenoxy) is 2. The van der Waals surface area contributed by atoms with Crippen LogP contribution < -0.4 is 9.47 Å². The fraction of sp³-hybridized carbons (Fsp3) is 0.190. The molecule has 1 fully saturated rings. The fourth-order valence-corrected chi connectivity index (χ4v) is 3.31. The van der Waals surface area contributed by atoms with Crippen molar-refractivity contribution in [1.82, 2.24) is 4.90 Å². The number of hydrogen-bond donors (Lipinski definition) is 2. The largest absolute Gasteiger partial charge is 0.507 e. The number of carboxylic acid groups (broad SMARTS) is 1. The Bertz CT molecular complexity index is 997. The van der Waals surface area contributed by atoms with E-state index in [1.807, 2.05) is 0 Å². The summed E-state index contributed by atoms with van der Waals surface area (Å²) in [4.78, 5) is 37.6. The Morgan fingerprint density at radius 3 is 2.31 bits per heavy atom. The van der Waals surface area contributed by atoms with E-state index in [4.69, 9.17) is 9.47 Å². The van der Waals surface area contributed by atoms with Crippen molar-refractivity contribution in [3.8, 4) is 11.5 Å². The molecule has 2 aromatic carbocycles. The number of carbonyl (C=O) groups is 3. The van der Waals surface area contributed by atoms with Gasteiger partial charge in [-0.2, -0.15) is 0 Å². The van der Waals surface area contributed by atoms with Gasteiger partial charge in [0.2, 0.25) is 0 Å². The molecule has 3 rings (SSSR count). The predicted octanol–water partition coefficient (Wildman–Crippen LogP) is 2.21. The van der Waals surface area contributed by atoms with E-state index in [9.17, 15) is 24.6 Å². The van der Waals surface area contributed by atoms with Crippen molar-refractivity contribution in [2.24, 2.45) is 0 Å². The number of aliphatic hydroxyl groups is 1. The summed E-state index contributed by atoms with van der Waals surface area (Å²) in [5.74, 6) is -2.89. The molecule has 2 N–H and O–H groups in total. The Kier molecular flexibility index (Phi) is 5.54. The maximum absolute atomic E-state index is 12.8. The number of nitrogens with zero attached hydrogens (tertiary/aromatic N) is 1. The van der Waals surface area contributed by atoms with Crippen LogP contribution >= 0.6 is 0 Å². The highest BCUT2D eigenvalue weighted by molar-refractivity contribution is 6.46. The number of carbonyl (C=O) groups excluding carboxylic acids is 2. The molecule has 29 heavy (non-hydrogen) atoms. The first-order chi connectivity index (χ1) is 13.9. The third-order valence-corrected chi connectivity index (χ3v) is 4.63. The lowest BCUT2D eigenvalue weighted by Crippen LogP contribution is -2.34. The average Bonchev–Trinajstić information content (AvgIpc) is 2.97. The molecule has 0 aromatic heterocycles. The molecule has 1 saturated heterocycles. The van der Waals surface area contributed by atoms with Gasteiger partial charge in [0.1, 0.15) is 23.8 Å². The minimum atomic E-state index is -1.29. The number of aliphatic carboxylic acids is 1. The number of rotatable bonds is 6. The smallest absolute Gasteiger partial charge is 0.323 e. The molecule has 1 aliphatic rings. The molecule has 8 nitrogen and oxygen atoms in total. The number of carboxylic acids is 1. The molecule has 1 atom stereocenters. The van der Waals surface area contributed by atoms with Crippen molar-refractivity contribution < 1.29 is 34.1 Å². The van der Waals surface area contributed by atoms with Gasteiger partial charge in [0, 0.05) is 17.2 Å². The summed E-state index contributed by atoms with van der Waals surface area (Å²) in [5, 5.41) is 20.1. The zero-order valence-corrected chi connectivity index (χ0v) is 15.8. The molecule has 0 saturated carbocycles.